The normalized spacial score (nSPS) is 10.1. The molecule has 0 unspecified atom stereocenters. The Morgan fingerprint density at radius 3 is 2.56 bits per heavy atom. The molecule has 0 bridgehead atoms. The molecule has 0 aliphatic heterocycles. The summed E-state index contributed by atoms with van der Waals surface area (Å²) < 4.78 is 10.5. The minimum atomic E-state index is 0.0900. The quantitative estimate of drug-likeness (QED) is 0.859. The first-order valence-corrected chi connectivity index (χ1v) is 5.61. The maximum absolute atomic E-state index is 5.74. The van der Waals surface area contributed by atoms with Crippen molar-refractivity contribution < 1.29 is 9.47 Å². The number of nitrogen functional groups attached to an aromatic ring is 1. The molecule has 1 aromatic heterocycles. The monoisotopic (exact) mass is 265 g/mol. The molecular weight excluding hydrogens is 254 g/mol. The number of nitrogens with zero attached hydrogens (tertiary/aromatic N) is 2. The van der Waals surface area contributed by atoms with Crippen molar-refractivity contribution in [1.29, 1.82) is 0 Å². The molecule has 0 fully saturated rings. The summed E-state index contributed by atoms with van der Waals surface area (Å²) in [6, 6.07) is 9.05. The number of rotatable bonds is 4. The first-order valence-electron chi connectivity index (χ1n) is 5.23. The number of ether oxygens (including phenoxy) is 2. The highest BCUT2D eigenvalue weighted by molar-refractivity contribution is 6.29. The molecule has 0 spiro atoms. The summed E-state index contributed by atoms with van der Waals surface area (Å²) in [6.45, 7) is 0.372. The minimum absolute atomic E-state index is 0.0900. The van der Waals surface area contributed by atoms with Gasteiger partial charge < -0.3 is 15.2 Å². The molecule has 94 valence electrons. The van der Waals surface area contributed by atoms with E-state index in [1.54, 1.807) is 7.11 Å². The summed E-state index contributed by atoms with van der Waals surface area (Å²) in [7, 11) is 1.62. The van der Waals surface area contributed by atoms with E-state index < -0.39 is 0 Å². The molecule has 0 saturated heterocycles. The fourth-order valence-electron chi connectivity index (χ4n) is 1.37. The van der Waals surface area contributed by atoms with Crippen LogP contribution in [0, 0.1) is 0 Å². The Labute approximate surface area is 110 Å². The third kappa shape index (κ3) is 3.24. The van der Waals surface area contributed by atoms with E-state index in [9.17, 15) is 0 Å². The van der Waals surface area contributed by atoms with Gasteiger partial charge in [-0.15, -0.1) is 0 Å². The molecule has 2 N–H and O–H groups in total. The van der Waals surface area contributed by atoms with E-state index in [4.69, 9.17) is 26.8 Å². The van der Waals surface area contributed by atoms with Gasteiger partial charge in [0.2, 0.25) is 11.8 Å². The van der Waals surface area contributed by atoms with E-state index in [0.717, 1.165) is 11.3 Å². The zero-order valence-corrected chi connectivity index (χ0v) is 10.5. The van der Waals surface area contributed by atoms with Gasteiger partial charge in [-0.25, -0.2) is 4.98 Å². The molecule has 0 saturated carbocycles. The molecule has 2 rings (SSSR count). The summed E-state index contributed by atoms with van der Waals surface area (Å²) in [6.07, 6.45) is 0. The highest BCUT2D eigenvalue weighted by Gasteiger charge is 2.02. The smallest absolute Gasteiger partial charge is 0.224 e. The second-order valence-corrected chi connectivity index (χ2v) is 3.91. The lowest BCUT2D eigenvalue weighted by molar-refractivity contribution is 0.293. The van der Waals surface area contributed by atoms with Gasteiger partial charge in [0.25, 0.3) is 0 Å². The first-order chi connectivity index (χ1) is 8.67. The van der Waals surface area contributed by atoms with Crippen LogP contribution in [0.15, 0.2) is 30.3 Å². The van der Waals surface area contributed by atoms with Crippen molar-refractivity contribution >= 4 is 17.5 Å². The average molecular weight is 266 g/mol. The maximum Gasteiger partial charge on any atom is 0.224 e. The van der Waals surface area contributed by atoms with Crippen molar-refractivity contribution in [3.8, 4) is 11.6 Å². The van der Waals surface area contributed by atoms with Crippen LogP contribution in [0.5, 0.6) is 11.6 Å². The molecule has 18 heavy (non-hydrogen) atoms. The van der Waals surface area contributed by atoms with E-state index in [0.29, 0.717) is 12.5 Å². The van der Waals surface area contributed by atoms with Crippen molar-refractivity contribution in [1.82, 2.24) is 9.97 Å². The Balaban J connectivity index is 2.01. The summed E-state index contributed by atoms with van der Waals surface area (Å²) in [4.78, 5) is 7.67. The fourth-order valence-corrected chi connectivity index (χ4v) is 1.55. The molecule has 1 aromatic carbocycles. The van der Waals surface area contributed by atoms with Crippen LogP contribution in [0.2, 0.25) is 5.15 Å². The molecule has 0 amide bonds. The van der Waals surface area contributed by atoms with Crippen LogP contribution >= 0.6 is 11.6 Å². The largest absolute Gasteiger partial charge is 0.497 e. The van der Waals surface area contributed by atoms with Crippen LogP contribution in [0.25, 0.3) is 0 Å². The van der Waals surface area contributed by atoms with E-state index in [-0.39, 0.29) is 11.1 Å². The van der Waals surface area contributed by atoms with Gasteiger partial charge in [-0.1, -0.05) is 23.7 Å². The molecular formula is C12H12ClN3O2. The van der Waals surface area contributed by atoms with Crippen molar-refractivity contribution in [2.45, 2.75) is 6.61 Å². The second-order valence-electron chi connectivity index (χ2n) is 3.52. The zero-order chi connectivity index (χ0) is 13.0. The third-order valence-corrected chi connectivity index (χ3v) is 2.43. The van der Waals surface area contributed by atoms with Crippen LogP contribution < -0.4 is 15.2 Å². The molecule has 1 heterocycles. The first kappa shape index (κ1) is 12.4. The minimum Gasteiger partial charge on any atom is -0.497 e. The highest BCUT2D eigenvalue weighted by atomic mass is 35.5. The fraction of sp³-hybridized carbons (Fsp3) is 0.167. The molecule has 2 aromatic rings. The highest BCUT2D eigenvalue weighted by Crippen LogP contribution is 2.17. The zero-order valence-electron chi connectivity index (χ0n) is 9.76. The number of hydrogen-bond donors (Lipinski definition) is 1. The lowest BCUT2D eigenvalue weighted by Gasteiger charge is -2.06. The van der Waals surface area contributed by atoms with Crippen molar-refractivity contribution in [3.05, 3.63) is 41.0 Å². The summed E-state index contributed by atoms with van der Waals surface area (Å²) in [5.74, 6) is 1.24. The summed E-state index contributed by atoms with van der Waals surface area (Å²) in [5.41, 5.74) is 6.45. The third-order valence-electron chi connectivity index (χ3n) is 2.23. The molecule has 0 radical (unpaired) electrons. The number of benzene rings is 1. The lowest BCUT2D eigenvalue weighted by atomic mass is 10.2. The molecule has 0 aliphatic carbocycles. The van der Waals surface area contributed by atoms with Crippen molar-refractivity contribution in [3.63, 3.8) is 0 Å². The van der Waals surface area contributed by atoms with Gasteiger partial charge in [0.15, 0.2) is 0 Å². The molecule has 0 aliphatic rings. The number of hydrogen-bond acceptors (Lipinski definition) is 5. The Kier molecular flexibility index (Phi) is 3.84. The predicted octanol–water partition coefficient (Wildman–Crippen LogP) is 2.30. The number of halogens is 1. The van der Waals surface area contributed by atoms with Gasteiger partial charge in [-0.05, 0) is 17.7 Å². The average Bonchev–Trinajstić information content (AvgIpc) is 2.36. The number of aromatic nitrogens is 2. The van der Waals surface area contributed by atoms with Gasteiger partial charge in [0, 0.05) is 6.07 Å². The maximum atomic E-state index is 5.74. The van der Waals surface area contributed by atoms with E-state index in [1.807, 2.05) is 24.3 Å². The second kappa shape index (κ2) is 5.55. The Hall–Kier alpha value is -2.01. The molecule has 6 heteroatoms. The number of methoxy groups -OCH3 is 1. The van der Waals surface area contributed by atoms with E-state index in [1.165, 1.54) is 6.07 Å². The van der Waals surface area contributed by atoms with Crippen molar-refractivity contribution in [2.24, 2.45) is 0 Å². The van der Waals surface area contributed by atoms with Gasteiger partial charge in [-0.2, -0.15) is 4.98 Å². The van der Waals surface area contributed by atoms with E-state index >= 15 is 0 Å². The topological polar surface area (TPSA) is 70.3 Å². The Morgan fingerprint density at radius 2 is 1.94 bits per heavy atom. The summed E-state index contributed by atoms with van der Waals surface area (Å²) in [5, 5.41) is 0.257. The van der Waals surface area contributed by atoms with Gasteiger partial charge in [-0.3, -0.25) is 0 Å². The molecule has 5 nitrogen and oxygen atoms in total. The SMILES string of the molecule is COc1ccc(COc2cc(Cl)nc(N)n2)cc1. The van der Waals surface area contributed by atoms with Crippen LogP contribution in [-0.2, 0) is 6.61 Å². The van der Waals surface area contributed by atoms with Crippen LogP contribution in [0.4, 0.5) is 5.95 Å². The number of anilines is 1. The Bertz CT molecular complexity index is 511. The summed E-state index contributed by atoms with van der Waals surface area (Å²) >= 11 is 5.74. The van der Waals surface area contributed by atoms with Crippen LogP contribution in [0.3, 0.4) is 0 Å². The predicted molar refractivity (Wildman–Crippen MR) is 68.8 cm³/mol. The van der Waals surface area contributed by atoms with Crippen LogP contribution in [-0.4, -0.2) is 17.1 Å². The van der Waals surface area contributed by atoms with Crippen LogP contribution in [0.1, 0.15) is 5.56 Å². The standard InChI is InChI=1S/C12H12ClN3O2/c1-17-9-4-2-8(3-5-9)7-18-11-6-10(13)15-12(14)16-11/h2-6H,7H2,1H3,(H2,14,15,16). The number of nitrogens with two attached hydrogens (primary N) is 1. The lowest BCUT2D eigenvalue weighted by Crippen LogP contribution is -2.01. The van der Waals surface area contributed by atoms with E-state index in [2.05, 4.69) is 9.97 Å². The Morgan fingerprint density at radius 1 is 1.22 bits per heavy atom. The van der Waals surface area contributed by atoms with Gasteiger partial charge >= 0.3 is 0 Å². The van der Waals surface area contributed by atoms with Gasteiger partial charge in [0.05, 0.1) is 7.11 Å². The van der Waals surface area contributed by atoms with Crippen molar-refractivity contribution in [2.75, 3.05) is 12.8 Å². The van der Waals surface area contributed by atoms with Gasteiger partial charge in [0.1, 0.15) is 17.5 Å². The molecule has 0 atom stereocenters.